The Kier molecular flexibility index (Phi) is 4.54. The lowest BCUT2D eigenvalue weighted by Gasteiger charge is -2.41. The summed E-state index contributed by atoms with van der Waals surface area (Å²) in [4.78, 5) is 0. The van der Waals surface area contributed by atoms with E-state index in [9.17, 15) is 13.9 Å². The Morgan fingerprint density at radius 3 is 2.75 bits per heavy atom. The number of aromatic nitrogens is 3. The van der Waals surface area contributed by atoms with Crippen LogP contribution in [0.1, 0.15) is 19.8 Å². The van der Waals surface area contributed by atoms with E-state index in [1.54, 1.807) is 23.5 Å². The highest BCUT2D eigenvalue weighted by Gasteiger charge is 2.38. The summed E-state index contributed by atoms with van der Waals surface area (Å²) in [5.74, 6) is 0.880. The van der Waals surface area contributed by atoms with E-state index < -0.39 is 12.2 Å². The molecule has 1 aromatic carbocycles. The fourth-order valence-electron chi connectivity index (χ4n) is 3.55. The minimum atomic E-state index is -2.98. The molecule has 0 spiro atoms. The van der Waals surface area contributed by atoms with Crippen molar-refractivity contribution in [1.29, 1.82) is 0 Å². The van der Waals surface area contributed by atoms with Crippen molar-refractivity contribution in [2.45, 2.75) is 38.0 Å². The third kappa shape index (κ3) is 3.45. The van der Waals surface area contributed by atoms with E-state index in [4.69, 9.17) is 4.74 Å². The summed E-state index contributed by atoms with van der Waals surface area (Å²) < 4.78 is 37.4. The van der Waals surface area contributed by atoms with Crippen LogP contribution in [0.3, 0.4) is 0 Å². The highest BCUT2D eigenvalue weighted by atomic mass is 19.3. The lowest BCUT2D eigenvalue weighted by Crippen LogP contribution is -2.48. The lowest BCUT2D eigenvalue weighted by molar-refractivity contribution is -0.0495. The number of hydrogen-bond donors (Lipinski definition) is 2. The summed E-state index contributed by atoms with van der Waals surface area (Å²) in [5.41, 5.74) is 0.823. The van der Waals surface area contributed by atoms with Crippen molar-refractivity contribution in [2.24, 2.45) is 0 Å². The molecule has 0 radical (unpaired) electrons. The Morgan fingerprint density at radius 1 is 1.29 bits per heavy atom. The first-order chi connectivity index (χ1) is 13.4. The number of halogens is 2. The Balaban J connectivity index is 1.72. The maximum absolute atomic E-state index is 12.9. The number of benzene rings is 1. The van der Waals surface area contributed by atoms with Crippen LogP contribution in [0.5, 0.6) is 11.5 Å². The van der Waals surface area contributed by atoms with Gasteiger partial charge in [0.1, 0.15) is 17.2 Å². The third-order valence-electron chi connectivity index (χ3n) is 4.83. The molecular weight excluding hydrogens is 370 g/mol. The molecule has 2 N–H and O–H groups in total. The Hall–Kier alpha value is -2.94. The average Bonchev–Trinajstić information content (AvgIpc) is 3.10. The number of anilines is 1. The van der Waals surface area contributed by atoms with E-state index in [1.807, 2.05) is 18.3 Å². The minimum absolute atomic E-state index is 0.0394. The van der Waals surface area contributed by atoms with Gasteiger partial charge >= 0.3 is 6.61 Å². The van der Waals surface area contributed by atoms with Crippen molar-refractivity contribution in [3.8, 4) is 22.8 Å². The molecule has 3 aromatic rings. The van der Waals surface area contributed by atoms with Crippen LogP contribution in [0.4, 0.5) is 14.7 Å². The number of nitrogens with one attached hydrogen (secondary N) is 1. The molecule has 1 saturated carbocycles. The van der Waals surface area contributed by atoms with Crippen LogP contribution < -0.4 is 14.8 Å². The van der Waals surface area contributed by atoms with Crippen molar-refractivity contribution in [1.82, 2.24) is 14.6 Å². The quantitative estimate of drug-likeness (QED) is 0.672. The fraction of sp³-hybridized carbons (Fsp3) is 0.368. The number of alkyl halides is 2. The van der Waals surface area contributed by atoms with E-state index in [-0.39, 0.29) is 11.8 Å². The molecule has 9 heteroatoms. The summed E-state index contributed by atoms with van der Waals surface area (Å²) in [7, 11) is 1.45. The maximum Gasteiger partial charge on any atom is 0.387 e. The molecule has 7 nitrogen and oxygen atoms in total. The summed E-state index contributed by atoms with van der Waals surface area (Å²) in [6.07, 6.45) is 3.04. The SMILES string of the molecule is COc1ccc(-c2nnc(NC3CC(C)(O)C3)n3cccc23)c(OC(F)F)c1. The molecule has 1 aliphatic rings. The van der Waals surface area contributed by atoms with Crippen molar-refractivity contribution < 1.29 is 23.4 Å². The average molecular weight is 390 g/mol. The topological polar surface area (TPSA) is 80.9 Å². The molecule has 0 atom stereocenters. The second-order valence-electron chi connectivity index (χ2n) is 7.12. The van der Waals surface area contributed by atoms with Gasteiger partial charge in [-0.05, 0) is 44.0 Å². The van der Waals surface area contributed by atoms with Gasteiger partial charge in [0.25, 0.3) is 0 Å². The summed E-state index contributed by atoms with van der Waals surface area (Å²) >= 11 is 0. The van der Waals surface area contributed by atoms with E-state index in [1.165, 1.54) is 13.2 Å². The standard InChI is InChI=1S/C19H20F2N4O3/c1-19(26)9-11(10-19)22-18-24-23-16(14-4-3-7-25(14)18)13-6-5-12(27-2)8-15(13)28-17(20)21/h3-8,11,17,26H,9-10H2,1-2H3,(H,22,24). The van der Waals surface area contributed by atoms with Crippen molar-refractivity contribution in [3.63, 3.8) is 0 Å². The zero-order valence-corrected chi connectivity index (χ0v) is 15.4. The van der Waals surface area contributed by atoms with Gasteiger partial charge in [-0.2, -0.15) is 8.78 Å². The van der Waals surface area contributed by atoms with Crippen LogP contribution in [-0.4, -0.2) is 45.1 Å². The molecule has 2 aromatic heterocycles. The summed E-state index contributed by atoms with van der Waals surface area (Å²) in [6.45, 7) is -1.19. The van der Waals surface area contributed by atoms with Gasteiger partial charge in [-0.1, -0.05) is 0 Å². The fourth-order valence-corrected chi connectivity index (χ4v) is 3.55. The minimum Gasteiger partial charge on any atom is -0.497 e. The van der Waals surface area contributed by atoms with Crippen LogP contribution in [0, 0.1) is 0 Å². The van der Waals surface area contributed by atoms with Crippen LogP contribution >= 0.6 is 0 Å². The molecule has 148 valence electrons. The van der Waals surface area contributed by atoms with Crippen LogP contribution in [0.15, 0.2) is 36.5 Å². The molecule has 1 aliphatic carbocycles. The van der Waals surface area contributed by atoms with Crippen LogP contribution in [0.25, 0.3) is 16.8 Å². The van der Waals surface area contributed by atoms with Gasteiger partial charge in [0.15, 0.2) is 0 Å². The number of ether oxygens (including phenoxy) is 2. The lowest BCUT2D eigenvalue weighted by atomic mass is 9.77. The Bertz CT molecular complexity index is 998. The van der Waals surface area contributed by atoms with E-state index in [0.29, 0.717) is 41.3 Å². The zero-order valence-electron chi connectivity index (χ0n) is 15.4. The number of fused-ring (bicyclic) bond motifs is 1. The molecule has 1 fully saturated rings. The second kappa shape index (κ2) is 6.90. The highest BCUT2D eigenvalue weighted by molar-refractivity contribution is 5.81. The van der Waals surface area contributed by atoms with Gasteiger partial charge in [-0.25, -0.2) is 0 Å². The van der Waals surface area contributed by atoms with Gasteiger partial charge in [0.05, 0.1) is 18.2 Å². The number of aliphatic hydroxyl groups is 1. The Morgan fingerprint density at radius 2 is 2.07 bits per heavy atom. The largest absolute Gasteiger partial charge is 0.497 e. The first-order valence-electron chi connectivity index (χ1n) is 8.82. The molecule has 0 unspecified atom stereocenters. The van der Waals surface area contributed by atoms with E-state index in [0.717, 1.165) is 0 Å². The number of methoxy groups -OCH3 is 1. The van der Waals surface area contributed by atoms with Crippen molar-refractivity contribution in [3.05, 3.63) is 36.5 Å². The monoisotopic (exact) mass is 390 g/mol. The molecule has 0 aliphatic heterocycles. The predicted molar refractivity (Wildman–Crippen MR) is 98.9 cm³/mol. The van der Waals surface area contributed by atoms with E-state index in [2.05, 4.69) is 20.3 Å². The summed E-state index contributed by atoms with van der Waals surface area (Å²) in [5, 5.41) is 21.7. The first kappa shape index (κ1) is 18.4. The van der Waals surface area contributed by atoms with Gasteiger partial charge in [0.2, 0.25) is 5.95 Å². The van der Waals surface area contributed by atoms with Crippen LogP contribution in [0.2, 0.25) is 0 Å². The smallest absolute Gasteiger partial charge is 0.387 e. The second-order valence-corrected chi connectivity index (χ2v) is 7.12. The molecule has 2 heterocycles. The Labute approximate surface area is 159 Å². The normalized spacial score (nSPS) is 21.6. The summed E-state index contributed by atoms with van der Waals surface area (Å²) in [6, 6.07) is 8.40. The molecule has 4 rings (SSSR count). The molecule has 0 bridgehead atoms. The van der Waals surface area contributed by atoms with E-state index >= 15 is 0 Å². The molecule has 0 saturated heterocycles. The first-order valence-corrected chi connectivity index (χ1v) is 8.82. The third-order valence-corrected chi connectivity index (χ3v) is 4.83. The van der Waals surface area contributed by atoms with Crippen molar-refractivity contribution in [2.75, 3.05) is 12.4 Å². The molecular formula is C19H20F2N4O3. The predicted octanol–water partition coefficient (Wildman–Crippen LogP) is 3.33. The van der Waals surface area contributed by atoms with Gasteiger partial charge in [0, 0.05) is 23.9 Å². The molecule has 0 amide bonds. The van der Waals surface area contributed by atoms with Gasteiger partial charge in [-0.3, -0.25) is 4.40 Å². The van der Waals surface area contributed by atoms with Crippen molar-refractivity contribution >= 4 is 11.5 Å². The maximum atomic E-state index is 12.9. The zero-order chi connectivity index (χ0) is 19.9. The molecule has 28 heavy (non-hydrogen) atoms. The van der Waals surface area contributed by atoms with Gasteiger partial charge < -0.3 is 19.9 Å². The van der Waals surface area contributed by atoms with Gasteiger partial charge in [-0.15, -0.1) is 10.2 Å². The number of rotatable bonds is 6. The number of nitrogens with zero attached hydrogens (tertiary/aromatic N) is 3. The highest BCUT2D eigenvalue weighted by Crippen LogP contribution is 2.37. The van der Waals surface area contributed by atoms with Crippen LogP contribution in [-0.2, 0) is 0 Å². The number of hydrogen-bond acceptors (Lipinski definition) is 6.